The highest BCUT2D eigenvalue weighted by Crippen LogP contribution is 2.32. The SMILES string of the molecule is CCc1nc(-c2ccc(Cl)cc2Cl)c(CC)nc1N[C@@H]1COC[C@@H]1OC(C)=O. The van der Waals surface area contributed by atoms with Gasteiger partial charge in [-0.3, -0.25) is 4.79 Å². The maximum Gasteiger partial charge on any atom is 0.303 e. The van der Waals surface area contributed by atoms with Crippen molar-refractivity contribution < 1.29 is 14.3 Å². The summed E-state index contributed by atoms with van der Waals surface area (Å²) in [5.74, 6) is 0.354. The van der Waals surface area contributed by atoms with E-state index >= 15 is 0 Å². The fourth-order valence-corrected chi connectivity index (χ4v) is 3.68. The molecule has 6 nitrogen and oxygen atoms in total. The van der Waals surface area contributed by atoms with Gasteiger partial charge in [-0.15, -0.1) is 0 Å². The molecule has 1 aromatic heterocycles. The van der Waals surface area contributed by atoms with Gasteiger partial charge in [-0.05, 0) is 31.0 Å². The fourth-order valence-electron chi connectivity index (χ4n) is 3.18. The monoisotopic (exact) mass is 423 g/mol. The molecule has 2 aromatic rings. The van der Waals surface area contributed by atoms with E-state index < -0.39 is 0 Å². The number of benzene rings is 1. The zero-order chi connectivity index (χ0) is 20.3. The summed E-state index contributed by atoms with van der Waals surface area (Å²) in [7, 11) is 0. The molecule has 0 saturated carbocycles. The van der Waals surface area contributed by atoms with Crippen molar-refractivity contribution in [2.45, 2.75) is 45.8 Å². The predicted octanol–water partition coefficient (Wildman–Crippen LogP) is 4.32. The van der Waals surface area contributed by atoms with Crippen molar-refractivity contribution >= 4 is 35.0 Å². The molecule has 3 rings (SSSR count). The second-order valence-electron chi connectivity index (χ2n) is 6.58. The maximum absolute atomic E-state index is 11.3. The Balaban J connectivity index is 1.96. The van der Waals surface area contributed by atoms with Gasteiger partial charge in [0.25, 0.3) is 0 Å². The predicted molar refractivity (Wildman–Crippen MR) is 110 cm³/mol. The van der Waals surface area contributed by atoms with E-state index in [2.05, 4.69) is 5.32 Å². The minimum Gasteiger partial charge on any atom is -0.458 e. The molecule has 0 aliphatic carbocycles. The number of rotatable bonds is 6. The highest BCUT2D eigenvalue weighted by molar-refractivity contribution is 6.36. The normalized spacial score (nSPS) is 18.9. The molecule has 0 unspecified atom stereocenters. The number of aromatic nitrogens is 2. The van der Waals surface area contributed by atoms with Gasteiger partial charge >= 0.3 is 5.97 Å². The molecule has 1 N–H and O–H groups in total. The average Bonchev–Trinajstić information content (AvgIpc) is 3.07. The van der Waals surface area contributed by atoms with Crippen molar-refractivity contribution in [1.29, 1.82) is 0 Å². The lowest BCUT2D eigenvalue weighted by atomic mass is 10.1. The largest absolute Gasteiger partial charge is 0.458 e. The van der Waals surface area contributed by atoms with E-state index in [-0.39, 0.29) is 18.1 Å². The number of carbonyl (C=O) groups is 1. The first-order valence-corrected chi connectivity index (χ1v) is 10.0. The van der Waals surface area contributed by atoms with Gasteiger partial charge in [0.1, 0.15) is 11.9 Å². The zero-order valence-corrected chi connectivity index (χ0v) is 17.6. The number of hydrogen-bond acceptors (Lipinski definition) is 6. The minimum atomic E-state index is -0.348. The molecule has 0 amide bonds. The molecule has 8 heteroatoms. The molecule has 1 aromatic carbocycles. The molecule has 28 heavy (non-hydrogen) atoms. The van der Waals surface area contributed by atoms with Crippen LogP contribution in [0.15, 0.2) is 18.2 Å². The zero-order valence-electron chi connectivity index (χ0n) is 16.1. The standard InChI is InChI=1S/C20H23Cl2N3O3/c1-4-15-19(13-7-6-12(21)8-14(13)22)23-16(5-2)20(24-15)25-17-9-27-10-18(17)28-11(3)26/h6-8,17-18H,4-5,9-10H2,1-3H3,(H,24,25)/t17-,18+/m1/s1. The summed E-state index contributed by atoms with van der Waals surface area (Å²) in [4.78, 5) is 21.0. The second-order valence-corrected chi connectivity index (χ2v) is 7.43. The highest BCUT2D eigenvalue weighted by Gasteiger charge is 2.32. The molecule has 150 valence electrons. The van der Waals surface area contributed by atoms with E-state index in [1.165, 1.54) is 6.92 Å². The molecule has 2 heterocycles. The Morgan fingerprint density at radius 1 is 1.21 bits per heavy atom. The van der Waals surface area contributed by atoms with Crippen LogP contribution >= 0.6 is 23.2 Å². The molecule has 0 bridgehead atoms. The highest BCUT2D eigenvalue weighted by atomic mass is 35.5. The topological polar surface area (TPSA) is 73.3 Å². The van der Waals surface area contributed by atoms with Gasteiger partial charge in [0.05, 0.1) is 41.4 Å². The van der Waals surface area contributed by atoms with Crippen LogP contribution in [0, 0.1) is 0 Å². The molecule has 1 saturated heterocycles. The molecular weight excluding hydrogens is 401 g/mol. The van der Waals surface area contributed by atoms with Crippen LogP contribution in [0.2, 0.25) is 10.0 Å². The summed E-state index contributed by atoms with van der Waals surface area (Å²) in [5, 5.41) is 4.48. The van der Waals surface area contributed by atoms with E-state index in [4.69, 9.17) is 42.6 Å². The molecular formula is C20H23Cl2N3O3. The van der Waals surface area contributed by atoms with Gasteiger partial charge in [-0.25, -0.2) is 9.97 Å². The second kappa shape index (κ2) is 9.07. The number of nitrogens with zero attached hydrogens (tertiary/aromatic N) is 2. The van der Waals surface area contributed by atoms with Crippen LogP contribution in [0.25, 0.3) is 11.3 Å². The Morgan fingerprint density at radius 3 is 2.61 bits per heavy atom. The van der Waals surface area contributed by atoms with Crippen molar-refractivity contribution in [3.05, 3.63) is 39.6 Å². The van der Waals surface area contributed by atoms with Crippen molar-refractivity contribution in [2.24, 2.45) is 0 Å². The summed E-state index contributed by atoms with van der Waals surface area (Å²) in [6, 6.07) is 5.19. The maximum atomic E-state index is 11.3. The van der Waals surface area contributed by atoms with Crippen molar-refractivity contribution in [1.82, 2.24) is 9.97 Å². The number of anilines is 1. The van der Waals surface area contributed by atoms with Crippen LogP contribution in [0.3, 0.4) is 0 Å². The lowest BCUT2D eigenvalue weighted by molar-refractivity contribution is -0.146. The Bertz CT molecular complexity index is 876. The Labute approximate surface area is 174 Å². The van der Waals surface area contributed by atoms with E-state index in [1.54, 1.807) is 12.1 Å². The number of hydrogen-bond donors (Lipinski definition) is 1. The Kier molecular flexibility index (Phi) is 6.75. The van der Waals surface area contributed by atoms with E-state index in [0.717, 1.165) is 22.6 Å². The summed E-state index contributed by atoms with van der Waals surface area (Å²) >= 11 is 12.4. The lowest BCUT2D eigenvalue weighted by Crippen LogP contribution is -2.36. The third-order valence-corrected chi connectivity index (χ3v) is 5.11. The van der Waals surface area contributed by atoms with Crippen LogP contribution in [0.4, 0.5) is 5.82 Å². The van der Waals surface area contributed by atoms with Gasteiger partial charge < -0.3 is 14.8 Å². The molecule has 1 aliphatic rings. The van der Waals surface area contributed by atoms with Gasteiger partial charge in [-0.2, -0.15) is 0 Å². The lowest BCUT2D eigenvalue weighted by Gasteiger charge is -2.22. The Hall–Kier alpha value is -1.89. The number of esters is 1. The van der Waals surface area contributed by atoms with Gasteiger partial charge in [-0.1, -0.05) is 37.0 Å². The molecule has 0 spiro atoms. The quantitative estimate of drug-likeness (QED) is 0.697. The molecule has 1 fully saturated rings. The van der Waals surface area contributed by atoms with E-state index in [1.807, 2.05) is 19.9 Å². The average molecular weight is 424 g/mol. The number of halogens is 2. The summed E-state index contributed by atoms with van der Waals surface area (Å²) in [6.45, 7) is 6.24. The number of nitrogens with one attached hydrogen (secondary N) is 1. The Morgan fingerprint density at radius 2 is 1.96 bits per heavy atom. The van der Waals surface area contributed by atoms with Crippen LogP contribution in [-0.2, 0) is 27.1 Å². The van der Waals surface area contributed by atoms with Gasteiger partial charge in [0.15, 0.2) is 0 Å². The third kappa shape index (κ3) is 4.57. The van der Waals surface area contributed by atoms with Crippen LogP contribution in [0.1, 0.15) is 32.2 Å². The molecule has 0 radical (unpaired) electrons. The molecule has 1 aliphatic heterocycles. The number of ether oxygens (including phenoxy) is 2. The first-order chi connectivity index (χ1) is 13.4. The van der Waals surface area contributed by atoms with Crippen molar-refractivity contribution in [3.63, 3.8) is 0 Å². The third-order valence-electron chi connectivity index (χ3n) is 4.56. The van der Waals surface area contributed by atoms with E-state index in [0.29, 0.717) is 41.9 Å². The van der Waals surface area contributed by atoms with Crippen LogP contribution in [-0.4, -0.2) is 41.3 Å². The van der Waals surface area contributed by atoms with Gasteiger partial charge in [0.2, 0.25) is 0 Å². The smallest absolute Gasteiger partial charge is 0.303 e. The van der Waals surface area contributed by atoms with Crippen LogP contribution < -0.4 is 5.32 Å². The van der Waals surface area contributed by atoms with Gasteiger partial charge in [0, 0.05) is 17.5 Å². The van der Waals surface area contributed by atoms with Crippen LogP contribution in [0.5, 0.6) is 0 Å². The minimum absolute atomic E-state index is 0.168. The van der Waals surface area contributed by atoms with Crippen molar-refractivity contribution in [3.8, 4) is 11.3 Å². The summed E-state index contributed by atoms with van der Waals surface area (Å²) < 4.78 is 10.8. The summed E-state index contributed by atoms with van der Waals surface area (Å²) in [6.07, 6.45) is 1.03. The molecule has 2 atom stereocenters. The first-order valence-electron chi connectivity index (χ1n) is 9.29. The number of carbonyl (C=O) groups excluding carboxylic acids is 1. The van der Waals surface area contributed by atoms with Crippen molar-refractivity contribution in [2.75, 3.05) is 18.5 Å². The fraction of sp³-hybridized carbons (Fsp3) is 0.450. The first kappa shape index (κ1) is 20.8. The summed E-state index contributed by atoms with van der Waals surface area (Å²) in [5.41, 5.74) is 3.20. The number of aryl methyl sites for hydroxylation is 2. The van der Waals surface area contributed by atoms with E-state index in [9.17, 15) is 4.79 Å².